The number of ether oxygens (including phenoxy) is 1. The van der Waals surface area contributed by atoms with E-state index in [0.29, 0.717) is 10.4 Å². The molecule has 1 N–H and O–H groups in total. The fraction of sp³-hybridized carbons (Fsp3) is 0.263. The lowest BCUT2D eigenvalue weighted by Gasteiger charge is -2.18. The molecule has 0 spiro atoms. The van der Waals surface area contributed by atoms with Crippen LogP contribution in [0.15, 0.2) is 57.6 Å². The summed E-state index contributed by atoms with van der Waals surface area (Å²) in [5.41, 5.74) is 1.03. The summed E-state index contributed by atoms with van der Waals surface area (Å²) in [6, 6.07) is 13.1. The second-order valence-corrected chi connectivity index (χ2v) is 6.18. The Hall–Kier alpha value is -2.34. The van der Waals surface area contributed by atoms with Gasteiger partial charge < -0.3 is 14.5 Å². The first-order valence-corrected chi connectivity index (χ1v) is 8.82. The second kappa shape index (κ2) is 9.84. The van der Waals surface area contributed by atoms with Crippen LogP contribution < -0.4 is 5.32 Å². The largest absolute Gasteiger partial charge is 0.452 e. The van der Waals surface area contributed by atoms with E-state index in [1.807, 2.05) is 30.3 Å². The van der Waals surface area contributed by atoms with Crippen LogP contribution in [-0.4, -0.2) is 18.5 Å². The van der Waals surface area contributed by atoms with Gasteiger partial charge in [-0.3, -0.25) is 4.79 Å². The lowest BCUT2D eigenvalue weighted by Crippen LogP contribution is -2.32. The summed E-state index contributed by atoms with van der Waals surface area (Å²) in [6.45, 7) is 1.73. The second-order valence-electron chi connectivity index (χ2n) is 5.40. The Kier molecular flexibility index (Phi) is 7.47. The van der Waals surface area contributed by atoms with E-state index >= 15 is 0 Å². The molecule has 132 valence electrons. The number of amides is 1. The van der Waals surface area contributed by atoms with E-state index in [-0.39, 0.29) is 18.6 Å². The predicted molar refractivity (Wildman–Crippen MR) is 98.6 cm³/mol. The Bertz CT molecular complexity index is 724. The molecule has 25 heavy (non-hydrogen) atoms. The van der Waals surface area contributed by atoms with Gasteiger partial charge in [0.1, 0.15) is 5.76 Å². The Morgan fingerprint density at radius 3 is 2.64 bits per heavy atom. The van der Waals surface area contributed by atoms with Gasteiger partial charge in [-0.15, -0.1) is 0 Å². The molecular weight excluding hydrogens is 386 g/mol. The van der Waals surface area contributed by atoms with E-state index in [9.17, 15) is 9.59 Å². The average molecular weight is 406 g/mol. The summed E-state index contributed by atoms with van der Waals surface area (Å²) in [5.74, 6) is -0.417. The summed E-state index contributed by atoms with van der Waals surface area (Å²) in [5, 5.41) is 2.90. The number of halogens is 1. The highest BCUT2D eigenvalue weighted by molar-refractivity contribution is 9.10. The van der Waals surface area contributed by atoms with Gasteiger partial charge in [0, 0.05) is 6.08 Å². The average Bonchev–Trinajstić information content (AvgIpc) is 3.04. The topological polar surface area (TPSA) is 68.5 Å². The van der Waals surface area contributed by atoms with Crippen LogP contribution in [0.4, 0.5) is 0 Å². The molecule has 0 bridgehead atoms. The maximum absolute atomic E-state index is 12.0. The van der Waals surface area contributed by atoms with Crippen molar-refractivity contribution in [2.45, 2.75) is 25.8 Å². The van der Waals surface area contributed by atoms with Crippen molar-refractivity contribution in [2.75, 3.05) is 6.61 Å². The normalized spacial score (nSPS) is 12.1. The first-order valence-electron chi connectivity index (χ1n) is 8.03. The van der Waals surface area contributed by atoms with Crippen LogP contribution in [-0.2, 0) is 14.3 Å². The standard InChI is InChI=1S/C19H20BrNO4/c1-2-6-16(14-7-4-3-5-8-14)21-18(22)13-24-19(23)12-10-15-9-11-17(20)25-15/h3-5,7-12,16H,2,6,13H2,1H3,(H,21,22)/b12-10+. The van der Waals surface area contributed by atoms with Crippen molar-refractivity contribution in [1.82, 2.24) is 5.32 Å². The molecule has 2 aromatic rings. The summed E-state index contributed by atoms with van der Waals surface area (Å²) < 4.78 is 10.8. The minimum atomic E-state index is -0.602. The van der Waals surface area contributed by atoms with Crippen molar-refractivity contribution in [3.05, 3.63) is 64.5 Å². The lowest BCUT2D eigenvalue weighted by molar-refractivity contribution is -0.144. The zero-order valence-electron chi connectivity index (χ0n) is 13.9. The predicted octanol–water partition coefficient (Wildman–Crippen LogP) is 4.26. The fourth-order valence-corrected chi connectivity index (χ4v) is 2.60. The third-order valence-electron chi connectivity index (χ3n) is 3.44. The molecule has 0 aliphatic heterocycles. The van der Waals surface area contributed by atoms with Gasteiger partial charge >= 0.3 is 5.97 Å². The molecule has 2 rings (SSSR count). The van der Waals surface area contributed by atoms with Crippen LogP contribution in [0.1, 0.15) is 37.1 Å². The molecule has 1 atom stereocenters. The molecule has 0 aliphatic rings. The minimum Gasteiger partial charge on any atom is -0.452 e. The molecule has 1 heterocycles. The molecule has 6 heteroatoms. The number of carbonyl (C=O) groups is 2. The molecular formula is C19H20BrNO4. The molecule has 1 unspecified atom stereocenters. The van der Waals surface area contributed by atoms with Gasteiger partial charge in [0.25, 0.3) is 5.91 Å². The Morgan fingerprint density at radius 1 is 1.24 bits per heavy atom. The van der Waals surface area contributed by atoms with E-state index < -0.39 is 5.97 Å². The first kappa shape index (κ1) is 19.0. The highest BCUT2D eigenvalue weighted by Crippen LogP contribution is 2.18. The van der Waals surface area contributed by atoms with Crippen LogP contribution >= 0.6 is 15.9 Å². The van der Waals surface area contributed by atoms with E-state index in [1.165, 1.54) is 12.2 Å². The highest BCUT2D eigenvalue weighted by Gasteiger charge is 2.14. The van der Waals surface area contributed by atoms with Crippen molar-refractivity contribution in [3.8, 4) is 0 Å². The van der Waals surface area contributed by atoms with Gasteiger partial charge in [-0.25, -0.2) is 4.79 Å². The number of rotatable bonds is 8. The third kappa shape index (κ3) is 6.58. The van der Waals surface area contributed by atoms with Crippen LogP contribution in [0.25, 0.3) is 6.08 Å². The fourth-order valence-electron chi connectivity index (χ4n) is 2.29. The van der Waals surface area contributed by atoms with Gasteiger partial charge in [-0.1, -0.05) is 43.7 Å². The van der Waals surface area contributed by atoms with Crippen LogP contribution in [0, 0.1) is 0 Å². The van der Waals surface area contributed by atoms with E-state index in [2.05, 4.69) is 28.2 Å². The van der Waals surface area contributed by atoms with Crippen LogP contribution in [0.2, 0.25) is 0 Å². The maximum atomic E-state index is 12.0. The zero-order chi connectivity index (χ0) is 18.1. The SMILES string of the molecule is CCCC(NC(=O)COC(=O)/C=C/c1ccc(Br)o1)c1ccccc1. The van der Waals surface area contributed by atoms with E-state index in [1.54, 1.807) is 12.1 Å². The first-order chi connectivity index (χ1) is 12.1. The smallest absolute Gasteiger partial charge is 0.331 e. The Balaban J connectivity index is 1.82. The summed E-state index contributed by atoms with van der Waals surface area (Å²) in [6.07, 6.45) is 4.45. The van der Waals surface area contributed by atoms with Crippen LogP contribution in [0.3, 0.4) is 0 Å². The molecule has 0 radical (unpaired) electrons. The van der Waals surface area contributed by atoms with E-state index in [4.69, 9.17) is 9.15 Å². The van der Waals surface area contributed by atoms with Crippen LogP contribution in [0.5, 0.6) is 0 Å². The van der Waals surface area contributed by atoms with Crippen molar-refractivity contribution in [2.24, 2.45) is 0 Å². The van der Waals surface area contributed by atoms with Crippen molar-refractivity contribution in [3.63, 3.8) is 0 Å². The van der Waals surface area contributed by atoms with Gasteiger partial charge in [0.2, 0.25) is 0 Å². The molecule has 0 saturated carbocycles. The van der Waals surface area contributed by atoms with Crippen molar-refractivity contribution < 1.29 is 18.7 Å². The minimum absolute atomic E-state index is 0.0894. The molecule has 0 fully saturated rings. The van der Waals surface area contributed by atoms with Gasteiger partial charge in [0.05, 0.1) is 6.04 Å². The number of esters is 1. The number of benzene rings is 1. The van der Waals surface area contributed by atoms with Crippen molar-refractivity contribution in [1.29, 1.82) is 0 Å². The summed E-state index contributed by atoms with van der Waals surface area (Å²) in [7, 11) is 0. The number of nitrogens with one attached hydrogen (secondary N) is 1. The number of furan rings is 1. The molecule has 1 aromatic carbocycles. The summed E-state index contributed by atoms with van der Waals surface area (Å²) in [4.78, 5) is 23.7. The quantitative estimate of drug-likeness (QED) is 0.526. The molecule has 0 saturated heterocycles. The Labute approximate surface area is 155 Å². The van der Waals surface area contributed by atoms with Gasteiger partial charge in [0.15, 0.2) is 11.3 Å². The monoisotopic (exact) mass is 405 g/mol. The number of carbonyl (C=O) groups excluding carboxylic acids is 2. The molecule has 5 nitrogen and oxygen atoms in total. The lowest BCUT2D eigenvalue weighted by atomic mass is 10.0. The number of hydrogen-bond donors (Lipinski definition) is 1. The zero-order valence-corrected chi connectivity index (χ0v) is 15.5. The molecule has 1 aromatic heterocycles. The molecule has 1 amide bonds. The number of hydrogen-bond acceptors (Lipinski definition) is 4. The van der Waals surface area contributed by atoms with Gasteiger partial charge in [-0.05, 0) is 46.1 Å². The van der Waals surface area contributed by atoms with Crippen molar-refractivity contribution >= 4 is 33.9 Å². The summed E-state index contributed by atoms with van der Waals surface area (Å²) >= 11 is 3.17. The third-order valence-corrected chi connectivity index (χ3v) is 3.86. The van der Waals surface area contributed by atoms with E-state index in [0.717, 1.165) is 18.4 Å². The highest BCUT2D eigenvalue weighted by atomic mass is 79.9. The Morgan fingerprint density at radius 2 is 2.00 bits per heavy atom. The van der Waals surface area contributed by atoms with Gasteiger partial charge in [-0.2, -0.15) is 0 Å². The molecule has 0 aliphatic carbocycles. The maximum Gasteiger partial charge on any atom is 0.331 e.